The van der Waals surface area contributed by atoms with Gasteiger partial charge in [-0.3, -0.25) is 9.97 Å². The van der Waals surface area contributed by atoms with Crippen LogP contribution in [-0.2, 0) is 6.42 Å². The van der Waals surface area contributed by atoms with Crippen molar-refractivity contribution in [3.63, 3.8) is 0 Å². The first kappa shape index (κ1) is 16.2. The first-order chi connectivity index (χ1) is 12.2. The largest absolute Gasteiger partial charge is 0.300 e. The monoisotopic (exact) mass is 332 g/mol. The van der Waals surface area contributed by atoms with Gasteiger partial charge in [-0.15, -0.1) is 0 Å². The third-order valence-electron chi connectivity index (χ3n) is 5.26. The molecule has 1 atom stereocenters. The summed E-state index contributed by atoms with van der Waals surface area (Å²) in [6, 6.07) is 11.5. The van der Waals surface area contributed by atoms with Crippen molar-refractivity contribution in [3.05, 3.63) is 54.0 Å². The number of hydrogen-bond donors (Lipinski definition) is 0. The van der Waals surface area contributed by atoms with Crippen molar-refractivity contribution in [3.8, 4) is 11.4 Å². The van der Waals surface area contributed by atoms with Crippen molar-refractivity contribution < 1.29 is 0 Å². The predicted octanol–water partition coefficient (Wildman–Crippen LogP) is 4.03. The zero-order valence-corrected chi connectivity index (χ0v) is 14.9. The second kappa shape index (κ2) is 6.89. The van der Waals surface area contributed by atoms with Crippen LogP contribution in [0.3, 0.4) is 0 Å². The van der Waals surface area contributed by atoms with Gasteiger partial charge in [0.2, 0.25) is 0 Å². The molecule has 0 spiro atoms. The van der Waals surface area contributed by atoms with Gasteiger partial charge in [0.25, 0.3) is 0 Å². The molecule has 0 amide bonds. The minimum absolute atomic E-state index is 0.736. The lowest BCUT2D eigenvalue weighted by Crippen LogP contribution is -2.28. The highest BCUT2D eigenvalue weighted by Gasteiger charge is 2.19. The van der Waals surface area contributed by atoms with E-state index in [1.54, 1.807) is 12.4 Å². The SMILES string of the molecule is Cc1nccnc1-c1ccc2cc(CCN3CCC[C@H]3C)ccc2n1. The van der Waals surface area contributed by atoms with Crippen LogP contribution in [0.4, 0.5) is 0 Å². The maximum atomic E-state index is 4.78. The molecule has 4 rings (SSSR count). The number of aryl methyl sites for hydroxylation is 1. The fourth-order valence-electron chi connectivity index (χ4n) is 3.72. The van der Waals surface area contributed by atoms with E-state index in [1.165, 1.54) is 30.3 Å². The molecule has 3 aromatic rings. The van der Waals surface area contributed by atoms with Crippen molar-refractivity contribution in [2.45, 2.75) is 39.2 Å². The molecule has 0 unspecified atom stereocenters. The summed E-state index contributed by atoms with van der Waals surface area (Å²) in [5.74, 6) is 0. The molecule has 3 heterocycles. The van der Waals surface area contributed by atoms with Crippen LogP contribution in [-0.4, -0.2) is 39.0 Å². The Labute approximate surface area is 149 Å². The van der Waals surface area contributed by atoms with Gasteiger partial charge in [0, 0.05) is 30.4 Å². The van der Waals surface area contributed by atoms with Gasteiger partial charge >= 0.3 is 0 Å². The summed E-state index contributed by atoms with van der Waals surface area (Å²) < 4.78 is 0. The Hall–Kier alpha value is -2.33. The summed E-state index contributed by atoms with van der Waals surface area (Å²) in [7, 11) is 0. The van der Waals surface area contributed by atoms with Gasteiger partial charge in [-0.2, -0.15) is 0 Å². The smallest absolute Gasteiger partial charge is 0.110 e. The van der Waals surface area contributed by atoms with Crippen LogP contribution < -0.4 is 0 Å². The van der Waals surface area contributed by atoms with Gasteiger partial charge in [-0.25, -0.2) is 4.98 Å². The van der Waals surface area contributed by atoms with Crippen LogP contribution in [0.1, 0.15) is 31.0 Å². The number of fused-ring (bicyclic) bond motifs is 1. The highest BCUT2D eigenvalue weighted by molar-refractivity contribution is 5.82. The van der Waals surface area contributed by atoms with Gasteiger partial charge in [0.05, 0.1) is 16.9 Å². The Balaban J connectivity index is 1.55. The van der Waals surface area contributed by atoms with Crippen molar-refractivity contribution in [2.75, 3.05) is 13.1 Å². The van der Waals surface area contributed by atoms with Crippen LogP contribution in [0.2, 0.25) is 0 Å². The first-order valence-electron chi connectivity index (χ1n) is 9.12. The average Bonchev–Trinajstić information content (AvgIpc) is 3.05. The third-order valence-corrected chi connectivity index (χ3v) is 5.26. The van der Waals surface area contributed by atoms with Gasteiger partial charge in [-0.1, -0.05) is 12.1 Å². The minimum atomic E-state index is 0.736. The Morgan fingerprint density at radius 3 is 2.80 bits per heavy atom. The molecule has 25 heavy (non-hydrogen) atoms. The summed E-state index contributed by atoms with van der Waals surface area (Å²) >= 11 is 0. The summed E-state index contributed by atoms with van der Waals surface area (Å²) in [4.78, 5) is 16.1. The van der Waals surface area contributed by atoms with Gasteiger partial charge in [0.1, 0.15) is 5.69 Å². The van der Waals surface area contributed by atoms with Crippen LogP contribution in [0.5, 0.6) is 0 Å². The summed E-state index contributed by atoms with van der Waals surface area (Å²) in [5.41, 5.74) is 5.05. The van der Waals surface area contributed by atoms with Crippen LogP contribution in [0, 0.1) is 6.92 Å². The van der Waals surface area contributed by atoms with Crippen molar-refractivity contribution in [1.29, 1.82) is 0 Å². The molecule has 0 saturated carbocycles. The molecule has 0 radical (unpaired) electrons. The van der Waals surface area contributed by atoms with E-state index >= 15 is 0 Å². The van der Waals surface area contributed by atoms with Crippen LogP contribution in [0.15, 0.2) is 42.7 Å². The summed E-state index contributed by atoms with van der Waals surface area (Å²) in [6.07, 6.45) is 7.22. The molecule has 4 heteroatoms. The van der Waals surface area contributed by atoms with Crippen molar-refractivity contribution in [2.24, 2.45) is 0 Å². The zero-order chi connectivity index (χ0) is 17.2. The standard InChI is InChI=1S/C21H24N4/c1-15-4-3-12-25(15)13-9-17-5-7-19-18(14-17)6-8-20(24-19)21-16(2)22-10-11-23-21/h5-8,10-11,14-15H,3-4,9,12-13H2,1-2H3/t15-/m1/s1. The number of benzene rings is 1. The number of nitrogens with zero attached hydrogens (tertiary/aromatic N) is 4. The molecule has 2 aromatic heterocycles. The maximum Gasteiger partial charge on any atom is 0.110 e. The second-order valence-electron chi connectivity index (χ2n) is 6.99. The molecule has 1 fully saturated rings. The Kier molecular flexibility index (Phi) is 4.45. The average molecular weight is 332 g/mol. The molecule has 4 nitrogen and oxygen atoms in total. The van der Waals surface area contributed by atoms with E-state index in [1.807, 2.05) is 13.0 Å². The Morgan fingerprint density at radius 1 is 1.12 bits per heavy atom. The molecule has 1 aliphatic rings. The normalized spacial score (nSPS) is 18.1. The topological polar surface area (TPSA) is 41.9 Å². The molecular formula is C21H24N4. The van der Waals surface area contributed by atoms with E-state index in [-0.39, 0.29) is 0 Å². The van der Waals surface area contributed by atoms with E-state index in [0.717, 1.165) is 41.6 Å². The minimum Gasteiger partial charge on any atom is -0.300 e. The molecule has 1 saturated heterocycles. The van der Waals surface area contributed by atoms with E-state index in [9.17, 15) is 0 Å². The van der Waals surface area contributed by atoms with Gasteiger partial charge in [-0.05, 0) is 63.4 Å². The van der Waals surface area contributed by atoms with Crippen LogP contribution in [0.25, 0.3) is 22.3 Å². The Bertz CT molecular complexity index is 890. The molecule has 1 aromatic carbocycles. The number of pyridine rings is 1. The summed E-state index contributed by atoms with van der Waals surface area (Å²) in [6.45, 7) is 6.71. The maximum absolute atomic E-state index is 4.78. The lowest BCUT2D eigenvalue weighted by Gasteiger charge is -2.20. The van der Waals surface area contributed by atoms with E-state index in [2.05, 4.69) is 46.1 Å². The van der Waals surface area contributed by atoms with E-state index in [0.29, 0.717) is 0 Å². The fourth-order valence-corrected chi connectivity index (χ4v) is 3.72. The van der Waals surface area contributed by atoms with Crippen molar-refractivity contribution >= 4 is 10.9 Å². The number of likely N-dealkylation sites (tertiary alicyclic amines) is 1. The molecule has 0 bridgehead atoms. The number of hydrogen-bond acceptors (Lipinski definition) is 4. The first-order valence-corrected chi connectivity index (χ1v) is 9.12. The Morgan fingerprint density at radius 2 is 2.00 bits per heavy atom. The van der Waals surface area contributed by atoms with Crippen molar-refractivity contribution in [1.82, 2.24) is 19.9 Å². The van der Waals surface area contributed by atoms with E-state index < -0.39 is 0 Å². The molecule has 1 aliphatic heterocycles. The highest BCUT2D eigenvalue weighted by atomic mass is 15.2. The van der Waals surface area contributed by atoms with Gasteiger partial charge < -0.3 is 4.90 Å². The van der Waals surface area contributed by atoms with Gasteiger partial charge in [0.15, 0.2) is 0 Å². The second-order valence-corrected chi connectivity index (χ2v) is 6.99. The molecule has 0 aliphatic carbocycles. The molecule has 0 N–H and O–H groups in total. The molecule has 128 valence electrons. The predicted molar refractivity (Wildman–Crippen MR) is 101 cm³/mol. The van der Waals surface area contributed by atoms with E-state index in [4.69, 9.17) is 4.98 Å². The highest BCUT2D eigenvalue weighted by Crippen LogP contribution is 2.23. The number of aromatic nitrogens is 3. The summed E-state index contributed by atoms with van der Waals surface area (Å²) in [5, 5.41) is 1.19. The third kappa shape index (κ3) is 3.40. The number of rotatable bonds is 4. The van der Waals surface area contributed by atoms with Crippen LogP contribution >= 0.6 is 0 Å². The molecular weight excluding hydrogens is 308 g/mol. The lowest BCUT2D eigenvalue weighted by molar-refractivity contribution is 0.272. The zero-order valence-electron chi connectivity index (χ0n) is 14.9. The fraction of sp³-hybridized carbons (Fsp3) is 0.381. The lowest BCUT2D eigenvalue weighted by atomic mass is 10.1. The quantitative estimate of drug-likeness (QED) is 0.723.